The second kappa shape index (κ2) is 30.8. The van der Waals surface area contributed by atoms with Gasteiger partial charge in [0.25, 0.3) is 0 Å². The van der Waals surface area contributed by atoms with Gasteiger partial charge >= 0.3 is 5.97 Å². The van der Waals surface area contributed by atoms with Crippen LogP contribution in [0.25, 0.3) is 0 Å². The van der Waals surface area contributed by atoms with Crippen molar-refractivity contribution in [3.63, 3.8) is 0 Å². The van der Waals surface area contributed by atoms with E-state index < -0.39 is 5.97 Å². The van der Waals surface area contributed by atoms with Crippen LogP contribution in [0.2, 0.25) is 0 Å². The van der Waals surface area contributed by atoms with Crippen LogP contribution < -0.4 is 0 Å². The van der Waals surface area contributed by atoms with E-state index in [-0.39, 0.29) is 17.8 Å². The van der Waals surface area contributed by atoms with Crippen LogP contribution in [0.4, 0.5) is 0 Å². The Morgan fingerprint density at radius 3 is 1.48 bits per heavy atom. The van der Waals surface area contributed by atoms with E-state index in [4.69, 9.17) is 0 Å². The lowest BCUT2D eigenvalue weighted by atomic mass is 9.94. The molecule has 4 heteroatoms. The monoisotopic (exact) mass is 565 g/mol. The van der Waals surface area contributed by atoms with Gasteiger partial charge in [0.15, 0.2) is 0 Å². The topological polar surface area (TPSA) is 74.6 Å². The fourth-order valence-electron chi connectivity index (χ4n) is 5.58. The molecule has 1 unspecified atom stereocenters. The normalized spacial score (nSPS) is 13.2. The Bertz CT molecular complexity index is 585. The smallest absolute Gasteiger partial charge is 0.306 e. The maximum atomic E-state index is 11.7. The maximum Gasteiger partial charge on any atom is 0.306 e. The third-order valence-electron chi connectivity index (χ3n) is 8.32. The number of aliphatic carboxylic acids is 1. The van der Waals surface area contributed by atoms with E-state index in [0.717, 1.165) is 89.9 Å². The number of ketones is 1. The van der Waals surface area contributed by atoms with E-state index >= 15 is 0 Å². The van der Waals surface area contributed by atoms with E-state index in [1.165, 1.54) is 83.5 Å². The zero-order valence-electron chi connectivity index (χ0n) is 26.8. The fraction of sp³-hybridized carbons (Fsp3) is 0.889. The number of unbranched alkanes of at least 4 members (excludes halogenated alkanes) is 20. The number of Topliss-reactive ketones (excluding diaryl/α,β-unsaturated/α-hetero) is 1. The fourth-order valence-corrected chi connectivity index (χ4v) is 5.58. The van der Waals surface area contributed by atoms with E-state index in [2.05, 4.69) is 19.1 Å². The summed E-state index contributed by atoms with van der Waals surface area (Å²) in [5.41, 5.74) is 0. The van der Waals surface area contributed by atoms with Crippen molar-refractivity contribution in [2.75, 3.05) is 0 Å². The highest BCUT2D eigenvalue weighted by Crippen LogP contribution is 2.20. The van der Waals surface area contributed by atoms with Crippen LogP contribution in [0.3, 0.4) is 0 Å². The highest BCUT2D eigenvalue weighted by molar-refractivity contribution is 5.75. The lowest BCUT2D eigenvalue weighted by molar-refractivity contribution is -0.142. The molecule has 4 nitrogen and oxygen atoms in total. The van der Waals surface area contributed by atoms with Gasteiger partial charge in [0, 0.05) is 6.42 Å². The van der Waals surface area contributed by atoms with Crippen LogP contribution in [-0.2, 0) is 9.59 Å². The molecule has 2 atom stereocenters. The quantitative estimate of drug-likeness (QED) is 0.0629. The molecule has 0 aliphatic rings. The van der Waals surface area contributed by atoms with Gasteiger partial charge in [0.05, 0.1) is 12.0 Å². The van der Waals surface area contributed by atoms with Crippen LogP contribution in [0.5, 0.6) is 0 Å². The molecule has 0 saturated heterocycles. The van der Waals surface area contributed by atoms with Crippen molar-refractivity contribution in [3.8, 4) is 0 Å². The first-order valence-electron chi connectivity index (χ1n) is 17.5. The first-order chi connectivity index (χ1) is 19.5. The Morgan fingerprint density at radius 2 is 1.00 bits per heavy atom. The van der Waals surface area contributed by atoms with Gasteiger partial charge in [-0.3, -0.25) is 4.79 Å². The Labute approximate surface area is 249 Å². The maximum absolute atomic E-state index is 11.7. The number of aliphatic hydroxyl groups excluding tert-OH is 1. The highest BCUT2D eigenvalue weighted by atomic mass is 16.4. The molecule has 2 N–H and O–H groups in total. The average Bonchev–Trinajstić information content (AvgIpc) is 2.92. The second-order valence-electron chi connectivity index (χ2n) is 12.4. The molecule has 0 aromatic rings. The van der Waals surface area contributed by atoms with Crippen LogP contribution >= 0.6 is 0 Å². The largest absolute Gasteiger partial charge is 0.481 e. The lowest BCUT2D eigenvalue weighted by Crippen LogP contribution is -2.13. The molecule has 0 spiro atoms. The Balaban J connectivity index is 3.54. The number of rotatable bonds is 32. The van der Waals surface area contributed by atoms with Gasteiger partial charge in [0.2, 0.25) is 0 Å². The number of carbonyl (C=O) groups excluding carboxylic acids is 1. The van der Waals surface area contributed by atoms with Crippen molar-refractivity contribution in [2.45, 2.75) is 200 Å². The number of hydrogen-bond donors (Lipinski definition) is 2. The van der Waals surface area contributed by atoms with Gasteiger partial charge in [-0.25, -0.2) is 0 Å². The number of hydrogen-bond acceptors (Lipinski definition) is 3. The third kappa shape index (κ3) is 29.8. The summed E-state index contributed by atoms with van der Waals surface area (Å²) in [4.78, 5) is 22.6. The predicted octanol–water partition coefficient (Wildman–Crippen LogP) is 11.1. The number of aliphatic hydroxyl groups is 1. The SMILES string of the molecule is CCCCCCCCCCCCCCCCC(CCCCCCC=CC[C@H](O)CCCCCCC(C)=O)C(=O)O. The van der Waals surface area contributed by atoms with Gasteiger partial charge < -0.3 is 15.0 Å². The molecule has 0 fully saturated rings. The number of carboxylic acids is 1. The summed E-state index contributed by atoms with van der Waals surface area (Å²) in [6.45, 7) is 3.92. The molecular weight excluding hydrogens is 496 g/mol. The Morgan fingerprint density at radius 1 is 0.575 bits per heavy atom. The summed E-state index contributed by atoms with van der Waals surface area (Å²) in [5.74, 6) is -0.495. The molecule has 0 aromatic carbocycles. The number of allylic oxidation sites excluding steroid dienone is 1. The zero-order chi connectivity index (χ0) is 29.5. The molecule has 0 amide bonds. The first-order valence-corrected chi connectivity index (χ1v) is 17.5. The molecule has 0 aliphatic carbocycles. The molecule has 0 rings (SSSR count). The summed E-state index contributed by atoms with van der Waals surface area (Å²) in [7, 11) is 0. The molecule has 0 bridgehead atoms. The van der Waals surface area contributed by atoms with Crippen LogP contribution in [0, 0.1) is 5.92 Å². The van der Waals surface area contributed by atoms with Crippen LogP contribution in [0.1, 0.15) is 194 Å². The molecule has 0 radical (unpaired) electrons. The molecular formula is C36H68O4. The van der Waals surface area contributed by atoms with Crippen molar-refractivity contribution in [1.29, 1.82) is 0 Å². The van der Waals surface area contributed by atoms with Crippen molar-refractivity contribution in [3.05, 3.63) is 12.2 Å². The standard InChI is InChI=1S/C36H68O4/c1-3-4-5-6-7-8-9-10-11-12-13-15-18-24-29-34(36(39)40)30-25-19-16-14-17-20-26-31-35(38)32-27-22-21-23-28-33(2)37/h20,26,34-35,38H,3-19,21-25,27-32H2,1-2H3,(H,39,40)/t34?,35-/m0/s1. The highest BCUT2D eigenvalue weighted by Gasteiger charge is 2.16. The molecule has 0 aliphatic heterocycles. The van der Waals surface area contributed by atoms with Gasteiger partial charge in [-0.15, -0.1) is 0 Å². The minimum Gasteiger partial charge on any atom is -0.481 e. The van der Waals surface area contributed by atoms with E-state index in [0.29, 0.717) is 6.42 Å². The summed E-state index contributed by atoms with van der Waals surface area (Å²) in [5, 5.41) is 19.7. The molecule has 0 saturated carbocycles. The van der Waals surface area contributed by atoms with Crippen LogP contribution in [-0.4, -0.2) is 28.1 Å². The van der Waals surface area contributed by atoms with E-state index in [9.17, 15) is 19.8 Å². The molecule has 0 heterocycles. The molecule has 0 aromatic heterocycles. The summed E-state index contributed by atoms with van der Waals surface area (Å²) in [6, 6.07) is 0. The third-order valence-corrected chi connectivity index (χ3v) is 8.32. The first kappa shape index (κ1) is 38.8. The van der Waals surface area contributed by atoms with Gasteiger partial charge in [-0.2, -0.15) is 0 Å². The van der Waals surface area contributed by atoms with Gasteiger partial charge in [0.1, 0.15) is 5.78 Å². The van der Waals surface area contributed by atoms with Crippen molar-refractivity contribution in [1.82, 2.24) is 0 Å². The predicted molar refractivity (Wildman–Crippen MR) is 172 cm³/mol. The number of carboxylic acid groups (broad SMARTS) is 1. The average molecular weight is 565 g/mol. The van der Waals surface area contributed by atoms with Crippen molar-refractivity contribution in [2.24, 2.45) is 5.92 Å². The van der Waals surface area contributed by atoms with Crippen molar-refractivity contribution < 1.29 is 19.8 Å². The second-order valence-corrected chi connectivity index (χ2v) is 12.4. The lowest BCUT2D eigenvalue weighted by Gasteiger charge is -2.12. The minimum atomic E-state index is -0.604. The summed E-state index contributed by atoms with van der Waals surface area (Å²) in [6.07, 6.45) is 36.3. The van der Waals surface area contributed by atoms with Gasteiger partial charge in [-0.05, 0) is 51.9 Å². The van der Waals surface area contributed by atoms with Crippen LogP contribution in [0.15, 0.2) is 12.2 Å². The van der Waals surface area contributed by atoms with Gasteiger partial charge in [-0.1, -0.05) is 147 Å². The summed E-state index contributed by atoms with van der Waals surface area (Å²) >= 11 is 0. The Hall–Kier alpha value is -1.16. The van der Waals surface area contributed by atoms with Crippen molar-refractivity contribution >= 4 is 11.8 Å². The Kier molecular flexibility index (Phi) is 29.9. The van der Waals surface area contributed by atoms with E-state index in [1.54, 1.807) is 6.92 Å². The zero-order valence-corrected chi connectivity index (χ0v) is 26.8. The summed E-state index contributed by atoms with van der Waals surface area (Å²) < 4.78 is 0. The molecule has 236 valence electrons. The minimum absolute atomic E-state index is 0.159. The van der Waals surface area contributed by atoms with E-state index in [1.807, 2.05) is 0 Å². The molecule has 40 heavy (non-hydrogen) atoms. The number of carbonyl (C=O) groups is 2.